The Labute approximate surface area is 118 Å². The molecule has 0 radical (unpaired) electrons. The molecule has 0 aliphatic rings. The van der Waals surface area contributed by atoms with Crippen molar-refractivity contribution in [3.8, 4) is 0 Å². The number of rotatable bonds is 4. The summed E-state index contributed by atoms with van der Waals surface area (Å²) < 4.78 is 0. The van der Waals surface area contributed by atoms with E-state index in [9.17, 15) is 4.79 Å². The van der Waals surface area contributed by atoms with Crippen LogP contribution in [-0.2, 0) is 6.54 Å². The molecule has 2 aromatic heterocycles. The SMILES string of the molecule is CSc1ncc(Cl)c(C(=O)N(C)Cc2ncn[nH]2)n1. The van der Waals surface area contributed by atoms with E-state index >= 15 is 0 Å². The summed E-state index contributed by atoms with van der Waals surface area (Å²) in [5, 5.41) is 7.14. The second-order valence-corrected chi connectivity index (χ2v) is 4.83. The topological polar surface area (TPSA) is 87.7 Å². The van der Waals surface area contributed by atoms with Crippen LogP contribution >= 0.6 is 23.4 Å². The van der Waals surface area contributed by atoms with Gasteiger partial charge in [-0.25, -0.2) is 15.0 Å². The number of hydrogen-bond donors (Lipinski definition) is 1. The average molecular weight is 299 g/mol. The van der Waals surface area contributed by atoms with Gasteiger partial charge in [0.25, 0.3) is 5.91 Å². The molecular formula is C10H11ClN6OS. The smallest absolute Gasteiger partial charge is 0.274 e. The molecule has 2 aromatic rings. The van der Waals surface area contributed by atoms with Gasteiger partial charge in [-0.05, 0) is 6.26 Å². The molecule has 2 heterocycles. The van der Waals surface area contributed by atoms with Crippen molar-refractivity contribution in [2.75, 3.05) is 13.3 Å². The normalized spacial score (nSPS) is 10.5. The Morgan fingerprint density at radius 2 is 2.32 bits per heavy atom. The molecule has 0 saturated carbocycles. The van der Waals surface area contributed by atoms with Crippen molar-refractivity contribution in [3.05, 3.63) is 29.1 Å². The Morgan fingerprint density at radius 3 is 2.95 bits per heavy atom. The Hall–Kier alpha value is -1.67. The molecule has 0 spiro atoms. The van der Waals surface area contributed by atoms with Crippen LogP contribution in [0.5, 0.6) is 0 Å². The number of carbonyl (C=O) groups excluding carboxylic acids is 1. The first-order valence-electron chi connectivity index (χ1n) is 5.28. The van der Waals surface area contributed by atoms with E-state index in [1.165, 1.54) is 29.2 Å². The molecule has 1 amide bonds. The van der Waals surface area contributed by atoms with E-state index in [-0.39, 0.29) is 16.6 Å². The first-order valence-corrected chi connectivity index (χ1v) is 6.88. The number of thioether (sulfide) groups is 1. The van der Waals surface area contributed by atoms with Crippen LogP contribution in [0.15, 0.2) is 17.7 Å². The summed E-state index contributed by atoms with van der Waals surface area (Å²) in [6, 6.07) is 0. The molecule has 7 nitrogen and oxygen atoms in total. The number of aromatic nitrogens is 5. The van der Waals surface area contributed by atoms with Crippen molar-refractivity contribution in [1.29, 1.82) is 0 Å². The van der Waals surface area contributed by atoms with Crippen molar-refractivity contribution in [3.63, 3.8) is 0 Å². The summed E-state index contributed by atoms with van der Waals surface area (Å²) >= 11 is 7.30. The average Bonchev–Trinajstić information content (AvgIpc) is 2.91. The molecule has 0 saturated heterocycles. The largest absolute Gasteiger partial charge is 0.333 e. The number of carbonyl (C=O) groups is 1. The van der Waals surface area contributed by atoms with Gasteiger partial charge in [0, 0.05) is 7.05 Å². The summed E-state index contributed by atoms with van der Waals surface area (Å²) in [6.45, 7) is 0.299. The first-order chi connectivity index (χ1) is 9.11. The molecule has 9 heteroatoms. The summed E-state index contributed by atoms with van der Waals surface area (Å²) in [5.41, 5.74) is 0.183. The van der Waals surface area contributed by atoms with Crippen LogP contribution in [-0.4, -0.2) is 49.3 Å². The molecule has 19 heavy (non-hydrogen) atoms. The highest BCUT2D eigenvalue weighted by Gasteiger charge is 2.19. The Bertz CT molecular complexity index is 575. The molecule has 0 atom stereocenters. The molecule has 0 aliphatic heterocycles. The van der Waals surface area contributed by atoms with Gasteiger partial charge in [0.2, 0.25) is 0 Å². The summed E-state index contributed by atoms with van der Waals surface area (Å²) in [4.78, 5) is 25.8. The fourth-order valence-corrected chi connectivity index (χ4v) is 1.90. The number of H-pyrrole nitrogens is 1. The fourth-order valence-electron chi connectivity index (χ4n) is 1.38. The van der Waals surface area contributed by atoms with E-state index in [1.54, 1.807) is 7.05 Å². The third kappa shape index (κ3) is 3.21. The molecule has 0 bridgehead atoms. The van der Waals surface area contributed by atoms with Gasteiger partial charge in [0.1, 0.15) is 12.2 Å². The second-order valence-electron chi connectivity index (χ2n) is 3.65. The van der Waals surface area contributed by atoms with E-state index in [0.29, 0.717) is 17.5 Å². The van der Waals surface area contributed by atoms with Crippen molar-refractivity contribution >= 4 is 29.3 Å². The van der Waals surface area contributed by atoms with Gasteiger partial charge in [-0.15, -0.1) is 0 Å². The Kier molecular flexibility index (Phi) is 4.33. The highest BCUT2D eigenvalue weighted by atomic mass is 35.5. The predicted octanol–water partition coefficient (Wildman–Crippen LogP) is 1.24. The zero-order valence-corrected chi connectivity index (χ0v) is 11.9. The minimum Gasteiger partial charge on any atom is -0.333 e. The lowest BCUT2D eigenvalue weighted by Crippen LogP contribution is -2.28. The summed E-state index contributed by atoms with van der Waals surface area (Å²) in [5.74, 6) is 0.296. The van der Waals surface area contributed by atoms with Crippen molar-refractivity contribution < 1.29 is 4.79 Å². The van der Waals surface area contributed by atoms with Crippen LogP contribution in [0.1, 0.15) is 16.3 Å². The van der Waals surface area contributed by atoms with Crippen LogP contribution in [0, 0.1) is 0 Å². The molecule has 0 fully saturated rings. The lowest BCUT2D eigenvalue weighted by atomic mass is 10.3. The molecule has 0 aromatic carbocycles. The highest BCUT2D eigenvalue weighted by molar-refractivity contribution is 7.98. The van der Waals surface area contributed by atoms with Gasteiger partial charge < -0.3 is 4.90 Å². The van der Waals surface area contributed by atoms with Gasteiger partial charge in [-0.2, -0.15) is 5.10 Å². The van der Waals surface area contributed by atoms with Gasteiger partial charge in [0.15, 0.2) is 10.9 Å². The zero-order chi connectivity index (χ0) is 13.8. The van der Waals surface area contributed by atoms with Gasteiger partial charge >= 0.3 is 0 Å². The van der Waals surface area contributed by atoms with E-state index < -0.39 is 0 Å². The standard InChI is InChI=1S/C10H11ClN6OS/c1-17(4-7-13-5-14-16-7)9(18)8-6(11)3-12-10(15-8)19-2/h3,5H,4H2,1-2H3,(H,13,14,16). The third-order valence-electron chi connectivity index (χ3n) is 2.31. The lowest BCUT2D eigenvalue weighted by molar-refractivity contribution is 0.0775. The maximum absolute atomic E-state index is 12.2. The number of nitrogens with zero attached hydrogens (tertiary/aromatic N) is 5. The minimum atomic E-state index is -0.292. The van der Waals surface area contributed by atoms with Crippen LogP contribution < -0.4 is 0 Å². The second kappa shape index (κ2) is 5.98. The van der Waals surface area contributed by atoms with Crippen LogP contribution in [0.2, 0.25) is 5.02 Å². The molecular weight excluding hydrogens is 288 g/mol. The van der Waals surface area contributed by atoms with E-state index in [0.717, 1.165) is 0 Å². The minimum absolute atomic E-state index is 0.183. The van der Waals surface area contributed by atoms with E-state index in [1.807, 2.05) is 6.26 Å². The van der Waals surface area contributed by atoms with Gasteiger partial charge in [-0.1, -0.05) is 23.4 Å². The quantitative estimate of drug-likeness (QED) is 0.675. The number of amides is 1. The molecule has 0 aliphatic carbocycles. The van der Waals surface area contributed by atoms with E-state index in [2.05, 4.69) is 25.1 Å². The Morgan fingerprint density at radius 1 is 1.53 bits per heavy atom. The number of hydrogen-bond acceptors (Lipinski definition) is 6. The maximum atomic E-state index is 12.2. The van der Waals surface area contributed by atoms with Crippen molar-refractivity contribution in [2.24, 2.45) is 0 Å². The van der Waals surface area contributed by atoms with Gasteiger partial charge in [-0.3, -0.25) is 9.89 Å². The zero-order valence-electron chi connectivity index (χ0n) is 10.3. The van der Waals surface area contributed by atoms with Crippen molar-refractivity contribution in [2.45, 2.75) is 11.7 Å². The maximum Gasteiger partial charge on any atom is 0.274 e. The molecule has 2 rings (SSSR count). The lowest BCUT2D eigenvalue weighted by Gasteiger charge is -2.15. The third-order valence-corrected chi connectivity index (χ3v) is 3.14. The van der Waals surface area contributed by atoms with Crippen LogP contribution in [0.4, 0.5) is 0 Å². The number of halogens is 1. The molecule has 1 N–H and O–H groups in total. The van der Waals surface area contributed by atoms with Crippen LogP contribution in [0.25, 0.3) is 0 Å². The molecule has 100 valence electrons. The highest BCUT2D eigenvalue weighted by Crippen LogP contribution is 2.18. The van der Waals surface area contributed by atoms with Gasteiger partial charge in [0.05, 0.1) is 17.8 Å². The summed E-state index contributed by atoms with van der Waals surface area (Å²) in [7, 11) is 1.64. The first kappa shape index (κ1) is 13.8. The number of aromatic amines is 1. The monoisotopic (exact) mass is 298 g/mol. The van der Waals surface area contributed by atoms with Crippen LogP contribution in [0.3, 0.4) is 0 Å². The van der Waals surface area contributed by atoms with E-state index in [4.69, 9.17) is 11.6 Å². The fraction of sp³-hybridized carbons (Fsp3) is 0.300. The molecule has 0 unspecified atom stereocenters. The number of nitrogens with one attached hydrogen (secondary N) is 1. The summed E-state index contributed by atoms with van der Waals surface area (Å²) in [6.07, 6.45) is 4.64. The van der Waals surface area contributed by atoms with Crippen molar-refractivity contribution in [1.82, 2.24) is 30.0 Å². The predicted molar refractivity (Wildman–Crippen MR) is 71.0 cm³/mol. The Balaban J connectivity index is 2.18.